The topological polar surface area (TPSA) is 74.0 Å². The van der Waals surface area contributed by atoms with Crippen molar-refractivity contribution >= 4 is 23.2 Å². The van der Waals surface area contributed by atoms with Crippen LogP contribution < -0.4 is 15.4 Å². The first-order chi connectivity index (χ1) is 17.7. The summed E-state index contributed by atoms with van der Waals surface area (Å²) in [6, 6.07) is 8.60. The summed E-state index contributed by atoms with van der Waals surface area (Å²) in [7, 11) is 2.99. The molecule has 4 rings (SSSR count). The van der Waals surface area contributed by atoms with Gasteiger partial charge in [0.1, 0.15) is 12.4 Å². The van der Waals surface area contributed by atoms with E-state index in [2.05, 4.69) is 69.9 Å². The minimum atomic E-state index is -0.266. The smallest absolute Gasteiger partial charge is 0.261 e. The molecule has 0 spiro atoms. The number of hydrogen-bond acceptors (Lipinski definition) is 6. The number of benzene rings is 2. The number of carbonyl (C=O) groups excluding carboxylic acids is 1. The summed E-state index contributed by atoms with van der Waals surface area (Å²) in [4.78, 5) is 14.9. The molecule has 0 unspecified atom stereocenters. The zero-order valence-corrected chi connectivity index (χ0v) is 23.0. The molecule has 6 nitrogen and oxygen atoms in total. The fourth-order valence-corrected chi connectivity index (χ4v) is 5.20. The van der Waals surface area contributed by atoms with Crippen LogP contribution in [0.4, 0.5) is 11.4 Å². The van der Waals surface area contributed by atoms with E-state index in [4.69, 9.17) is 19.9 Å². The second-order valence-electron chi connectivity index (χ2n) is 10.1. The van der Waals surface area contributed by atoms with E-state index in [-0.39, 0.29) is 29.1 Å². The number of fused-ring (bicyclic) bond motifs is 1. The highest BCUT2D eigenvalue weighted by molar-refractivity contribution is 6.08. The Morgan fingerprint density at radius 1 is 1.05 bits per heavy atom. The fraction of sp³-hybridized carbons (Fsp3) is 0.387. The molecule has 0 atom stereocenters. The Labute approximate surface area is 220 Å². The van der Waals surface area contributed by atoms with Crippen LogP contribution in [0, 0.1) is 0 Å². The first-order valence-electron chi connectivity index (χ1n) is 13.0. The molecule has 196 valence electrons. The van der Waals surface area contributed by atoms with Gasteiger partial charge in [-0.1, -0.05) is 33.8 Å². The summed E-state index contributed by atoms with van der Waals surface area (Å²) in [5, 5.41) is 0. The lowest BCUT2D eigenvalue weighted by Crippen LogP contribution is -2.32. The molecule has 0 fully saturated rings. The highest BCUT2D eigenvalue weighted by Crippen LogP contribution is 2.44. The van der Waals surface area contributed by atoms with Crippen molar-refractivity contribution in [2.45, 2.75) is 46.5 Å². The molecule has 0 saturated heterocycles. The van der Waals surface area contributed by atoms with Crippen molar-refractivity contribution in [3.63, 3.8) is 0 Å². The number of likely N-dealkylation sites (N-methyl/N-ethyl adjacent to an activating group) is 1. The zero-order chi connectivity index (χ0) is 26.9. The first-order valence-corrected chi connectivity index (χ1v) is 13.0. The van der Waals surface area contributed by atoms with Crippen molar-refractivity contribution in [1.29, 1.82) is 0 Å². The third kappa shape index (κ3) is 4.97. The lowest BCUT2D eigenvalue weighted by Gasteiger charge is -2.31. The Kier molecular flexibility index (Phi) is 7.67. The number of nitrogens with zero attached hydrogens (tertiary/aromatic N) is 1. The van der Waals surface area contributed by atoms with Crippen LogP contribution in [0.3, 0.4) is 0 Å². The molecular formula is C31H38N2O4. The second kappa shape index (κ2) is 10.8. The number of ketones is 1. The molecule has 0 saturated carbocycles. The summed E-state index contributed by atoms with van der Waals surface area (Å²) in [5.74, 6) is 1.56. The molecule has 2 aliphatic rings. The van der Waals surface area contributed by atoms with E-state index in [1.807, 2.05) is 0 Å². The van der Waals surface area contributed by atoms with Crippen molar-refractivity contribution in [2.24, 2.45) is 0 Å². The van der Waals surface area contributed by atoms with Gasteiger partial charge in [0.2, 0.25) is 0 Å². The van der Waals surface area contributed by atoms with Gasteiger partial charge in [0.05, 0.1) is 26.5 Å². The molecule has 1 aliphatic heterocycles. The number of methoxy groups -OCH3 is 2. The Bertz CT molecular complexity index is 1270. The van der Waals surface area contributed by atoms with Gasteiger partial charge in [0, 0.05) is 12.2 Å². The largest absolute Gasteiger partial charge is 0.492 e. The normalized spacial score (nSPS) is 15.3. The molecule has 2 aromatic rings. The van der Waals surface area contributed by atoms with Crippen LogP contribution in [-0.4, -0.2) is 39.7 Å². The first kappa shape index (κ1) is 26.4. The summed E-state index contributed by atoms with van der Waals surface area (Å²) < 4.78 is 16.8. The van der Waals surface area contributed by atoms with Crippen molar-refractivity contribution in [3.8, 4) is 16.9 Å². The van der Waals surface area contributed by atoms with Gasteiger partial charge >= 0.3 is 0 Å². The average Bonchev–Trinajstić information content (AvgIpc) is 2.88. The fourth-order valence-electron chi connectivity index (χ4n) is 5.20. The SMILES string of the molecule is CCN1CCOc2cc(-c3c(C=C4C=C(OC)C(=O)C(OC)=C4)cc(C(C)C)c(N)c3C(C)C)ccc21. The van der Waals surface area contributed by atoms with Gasteiger partial charge < -0.3 is 24.8 Å². The Hall–Kier alpha value is -3.67. The quantitative estimate of drug-likeness (QED) is 0.440. The van der Waals surface area contributed by atoms with Crippen LogP contribution in [0.5, 0.6) is 5.75 Å². The van der Waals surface area contributed by atoms with E-state index in [0.29, 0.717) is 6.61 Å². The molecule has 2 aromatic carbocycles. The Morgan fingerprint density at radius 2 is 1.73 bits per heavy atom. The van der Waals surface area contributed by atoms with E-state index in [0.717, 1.165) is 63.6 Å². The summed E-state index contributed by atoms with van der Waals surface area (Å²) in [5.41, 5.74) is 15.0. The highest BCUT2D eigenvalue weighted by Gasteiger charge is 2.25. The summed E-state index contributed by atoms with van der Waals surface area (Å²) >= 11 is 0. The number of allylic oxidation sites excluding steroid dienone is 3. The van der Waals surface area contributed by atoms with Crippen LogP contribution in [0.2, 0.25) is 0 Å². The number of hydrogen-bond donors (Lipinski definition) is 1. The van der Waals surface area contributed by atoms with Gasteiger partial charge in [0.25, 0.3) is 5.78 Å². The van der Waals surface area contributed by atoms with Crippen molar-refractivity contribution in [1.82, 2.24) is 0 Å². The number of ether oxygens (including phenoxy) is 3. The van der Waals surface area contributed by atoms with E-state index >= 15 is 0 Å². The number of nitrogens with two attached hydrogens (primary N) is 1. The predicted molar refractivity (Wildman–Crippen MR) is 151 cm³/mol. The van der Waals surface area contributed by atoms with Gasteiger partial charge in [-0.15, -0.1) is 0 Å². The zero-order valence-electron chi connectivity index (χ0n) is 23.0. The molecule has 0 bridgehead atoms. The molecule has 37 heavy (non-hydrogen) atoms. The maximum atomic E-state index is 12.5. The van der Waals surface area contributed by atoms with Gasteiger partial charge in [0.15, 0.2) is 11.5 Å². The van der Waals surface area contributed by atoms with Crippen molar-refractivity contribution < 1.29 is 19.0 Å². The number of nitrogen functional groups attached to an aromatic ring is 1. The van der Waals surface area contributed by atoms with Crippen LogP contribution in [0.1, 0.15) is 63.1 Å². The average molecular weight is 503 g/mol. The molecule has 1 aliphatic carbocycles. The number of Topliss-reactive ketones (excluding diaryl/α,β-unsaturated/α-hetero) is 1. The van der Waals surface area contributed by atoms with Crippen LogP contribution >= 0.6 is 0 Å². The van der Waals surface area contributed by atoms with Gasteiger partial charge in [-0.3, -0.25) is 4.79 Å². The number of rotatable bonds is 7. The standard InChI is InChI=1S/C31H38N2O4/c1-8-33-11-12-37-25-17-21(9-10-24(25)33)29-22(16-23(18(2)3)30(32)28(29)19(4)5)13-20-14-26(35-6)31(34)27(15-20)36-7/h9-10,13-19H,8,11-12,32H2,1-7H3. The molecule has 2 N–H and O–H groups in total. The van der Waals surface area contributed by atoms with E-state index < -0.39 is 0 Å². The minimum absolute atomic E-state index is 0.193. The van der Waals surface area contributed by atoms with Gasteiger partial charge in [-0.05, 0) is 88.6 Å². The molecular weight excluding hydrogens is 464 g/mol. The lowest BCUT2D eigenvalue weighted by atomic mass is 9.82. The second-order valence-corrected chi connectivity index (χ2v) is 10.1. The molecule has 0 aromatic heterocycles. The maximum absolute atomic E-state index is 12.5. The monoisotopic (exact) mass is 502 g/mol. The van der Waals surface area contributed by atoms with E-state index in [1.165, 1.54) is 14.2 Å². The van der Waals surface area contributed by atoms with Crippen molar-refractivity contribution in [3.05, 3.63) is 70.2 Å². The minimum Gasteiger partial charge on any atom is -0.492 e. The lowest BCUT2D eigenvalue weighted by molar-refractivity contribution is -0.117. The maximum Gasteiger partial charge on any atom is 0.261 e. The predicted octanol–water partition coefficient (Wildman–Crippen LogP) is 6.43. The van der Waals surface area contributed by atoms with E-state index in [9.17, 15) is 4.79 Å². The number of carbonyl (C=O) groups is 1. The van der Waals surface area contributed by atoms with Crippen molar-refractivity contribution in [2.75, 3.05) is 44.5 Å². The Morgan fingerprint density at radius 3 is 2.30 bits per heavy atom. The Balaban J connectivity index is 2.00. The van der Waals surface area contributed by atoms with Crippen LogP contribution in [0.15, 0.2) is 53.5 Å². The molecule has 0 radical (unpaired) electrons. The molecule has 6 heteroatoms. The van der Waals surface area contributed by atoms with Gasteiger partial charge in [-0.25, -0.2) is 0 Å². The molecule has 0 amide bonds. The van der Waals surface area contributed by atoms with E-state index in [1.54, 1.807) is 12.2 Å². The third-order valence-corrected chi connectivity index (χ3v) is 7.06. The summed E-state index contributed by atoms with van der Waals surface area (Å²) in [6.45, 7) is 13.3. The van der Waals surface area contributed by atoms with Crippen LogP contribution in [0.25, 0.3) is 17.2 Å². The van der Waals surface area contributed by atoms with Gasteiger partial charge in [-0.2, -0.15) is 0 Å². The van der Waals surface area contributed by atoms with Crippen LogP contribution in [-0.2, 0) is 14.3 Å². The summed E-state index contributed by atoms with van der Waals surface area (Å²) in [6.07, 6.45) is 5.59. The molecule has 1 heterocycles. The highest BCUT2D eigenvalue weighted by atomic mass is 16.5. The third-order valence-electron chi connectivity index (χ3n) is 7.06. The number of anilines is 2.